The minimum absolute atomic E-state index is 0. The summed E-state index contributed by atoms with van der Waals surface area (Å²) < 4.78 is 34.6. The predicted molar refractivity (Wildman–Crippen MR) is 121 cm³/mol. The van der Waals surface area contributed by atoms with E-state index in [9.17, 15) is 13.6 Å². The SMILES string of the molecule is CN=C(NCCCNC(=O)OC(C)(C)C)NCc1cc(Cl)ccc1OC(F)F.I. The van der Waals surface area contributed by atoms with E-state index in [0.717, 1.165) is 0 Å². The number of nitrogens with zero attached hydrogens (tertiary/aromatic N) is 1. The van der Waals surface area contributed by atoms with Crippen molar-refractivity contribution in [2.45, 2.75) is 45.9 Å². The smallest absolute Gasteiger partial charge is 0.407 e. The van der Waals surface area contributed by atoms with Crippen molar-refractivity contribution in [1.82, 2.24) is 16.0 Å². The molecule has 1 aromatic rings. The monoisotopic (exact) mass is 548 g/mol. The Balaban J connectivity index is 0.00000784. The average molecular weight is 549 g/mol. The van der Waals surface area contributed by atoms with Crippen molar-refractivity contribution in [2.75, 3.05) is 20.1 Å². The van der Waals surface area contributed by atoms with Crippen molar-refractivity contribution in [3.63, 3.8) is 0 Å². The lowest BCUT2D eigenvalue weighted by atomic mass is 10.2. The minimum atomic E-state index is -2.92. The highest BCUT2D eigenvalue weighted by molar-refractivity contribution is 14.0. The fourth-order valence-electron chi connectivity index (χ4n) is 2.10. The molecule has 0 fully saturated rings. The van der Waals surface area contributed by atoms with Gasteiger partial charge in [-0.05, 0) is 45.4 Å². The Labute approximate surface area is 192 Å². The molecule has 0 aliphatic carbocycles. The number of ether oxygens (including phenoxy) is 2. The normalized spacial score (nSPS) is 11.5. The second-order valence-corrected chi connectivity index (χ2v) is 7.20. The summed E-state index contributed by atoms with van der Waals surface area (Å²) in [6.45, 7) is 3.61. The van der Waals surface area contributed by atoms with E-state index in [1.54, 1.807) is 33.9 Å². The van der Waals surface area contributed by atoms with Gasteiger partial charge in [0.15, 0.2) is 5.96 Å². The van der Waals surface area contributed by atoms with Crippen molar-refractivity contribution >= 4 is 47.6 Å². The van der Waals surface area contributed by atoms with Crippen LogP contribution in [0.4, 0.5) is 13.6 Å². The molecule has 0 spiro atoms. The van der Waals surface area contributed by atoms with Crippen molar-refractivity contribution in [1.29, 1.82) is 0 Å². The van der Waals surface area contributed by atoms with Gasteiger partial charge in [0.25, 0.3) is 0 Å². The summed E-state index contributed by atoms with van der Waals surface area (Å²) in [5, 5.41) is 9.13. The molecule has 0 saturated heterocycles. The lowest BCUT2D eigenvalue weighted by Crippen LogP contribution is -2.39. The fraction of sp³-hybridized carbons (Fsp3) is 0.556. The highest BCUT2D eigenvalue weighted by Gasteiger charge is 2.15. The number of hydrogen-bond donors (Lipinski definition) is 3. The highest BCUT2D eigenvalue weighted by atomic mass is 127. The van der Waals surface area contributed by atoms with Gasteiger partial charge in [-0.15, -0.1) is 24.0 Å². The van der Waals surface area contributed by atoms with Gasteiger partial charge in [0.05, 0.1) is 0 Å². The van der Waals surface area contributed by atoms with Crippen LogP contribution < -0.4 is 20.7 Å². The van der Waals surface area contributed by atoms with Crippen LogP contribution in [0.15, 0.2) is 23.2 Å². The maximum Gasteiger partial charge on any atom is 0.407 e. The molecule has 3 N–H and O–H groups in total. The molecule has 166 valence electrons. The van der Waals surface area contributed by atoms with Crippen LogP contribution in [0.2, 0.25) is 5.02 Å². The molecule has 0 aliphatic heterocycles. The van der Waals surface area contributed by atoms with Gasteiger partial charge in [-0.2, -0.15) is 8.78 Å². The number of nitrogens with one attached hydrogen (secondary N) is 3. The van der Waals surface area contributed by atoms with Gasteiger partial charge in [0.2, 0.25) is 0 Å². The summed E-state index contributed by atoms with van der Waals surface area (Å²) in [4.78, 5) is 15.6. The molecule has 0 bridgehead atoms. The molecule has 7 nitrogen and oxygen atoms in total. The summed E-state index contributed by atoms with van der Waals surface area (Å²) in [7, 11) is 1.59. The number of alkyl halides is 2. The summed E-state index contributed by atoms with van der Waals surface area (Å²) >= 11 is 5.93. The van der Waals surface area contributed by atoms with E-state index < -0.39 is 18.3 Å². The Bertz CT molecular complexity index is 673. The van der Waals surface area contributed by atoms with E-state index in [2.05, 4.69) is 25.7 Å². The first-order valence-corrected chi connectivity index (χ1v) is 9.13. The average Bonchev–Trinajstić information content (AvgIpc) is 2.57. The predicted octanol–water partition coefficient (Wildman–Crippen LogP) is 4.14. The van der Waals surface area contributed by atoms with Crippen LogP contribution in [0.3, 0.4) is 0 Å². The Morgan fingerprint density at radius 1 is 1.21 bits per heavy atom. The van der Waals surface area contributed by atoms with Crippen LogP contribution in [-0.4, -0.2) is 44.4 Å². The summed E-state index contributed by atoms with van der Waals surface area (Å²) in [5.41, 5.74) is -0.0658. The minimum Gasteiger partial charge on any atom is -0.444 e. The molecule has 1 aromatic carbocycles. The maximum absolute atomic E-state index is 12.5. The first-order chi connectivity index (χ1) is 13.1. The Morgan fingerprint density at radius 3 is 2.45 bits per heavy atom. The van der Waals surface area contributed by atoms with E-state index in [1.165, 1.54) is 12.1 Å². The van der Waals surface area contributed by atoms with Gasteiger partial charge in [0.1, 0.15) is 11.4 Å². The van der Waals surface area contributed by atoms with Crippen LogP contribution in [0.5, 0.6) is 5.75 Å². The molecule has 1 rings (SSSR count). The van der Waals surface area contributed by atoms with E-state index in [4.69, 9.17) is 16.3 Å². The highest BCUT2D eigenvalue weighted by Crippen LogP contribution is 2.24. The third-order valence-corrected chi connectivity index (χ3v) is 3.46. The lowest BCUT2D eigenvalue weighted by Gasteiger charge is -2.19. The molecule has 0 saturated carbocycles. The Kier molecular flexibility index (Phi) is 12.9. The largest absolute Gasteiger partial charge is 0.444 e. The van der Waals surface area contributed by atoms with Crippen molar-refractivity contribution < 1.29 is 23.0 Å². The Hall–Kier alpha value is -1.56. The first-order valence-electron chi connectivity index (χ1n) is 8.75. The quantitative estimate of drug-likeness (QED) is 0.197. The molecule has 0 heterocycles. The van der Waals surface area contributed by atoms with Crippen LogP contribution >= 0.6 is 35.6 Å². The van der Waals surface area contributed by atoms with Gasteiger partial charge < -0.3 is 25.4 Å². The standard InChI is InChI=1S/C18H27ClF2N4O3.HI/c1-18(2,3)28-17(26)24-9-5-8-23-16(22-4)25-11-12-10-13(19)6-7-14(12)27-15(20)21;/h6-7,10,15H,5,8-9,11H2,1-4H3,(H,24,26)(H2,22,23,25);1H. The zero-order valence-electron chi connectivity index (χ0n) is 16.9. The number of benzene rings is 1. The number of carbonyl (C=O) groups excluding carboxylic acids is 1. The number of aliphatic imine (C=N–C) groups is 1. The van der Waals surface area contributed by atoms with Gasteiger partial charge in [-0.1, -0.05) is 11.6 Å². The van der Waals surface area contributed by atoms with E-state index in [-0.39, 0.29) is 36.3 Å². The van der Waals surface area contributed by atoms with Crippen LogP contribution in [0.25, 0.3) is 0 Å². The van der Waals surface area contributed by atoms with Crippen LogP contribution in [0.1, 0.15) is 32.8 Å². The zero-order valence-corrected chi connectivity index (χ0v) is 19.9. The molecule has 0 aromatic heterocycles. The number of alkyl carbamates (subject to hydrolysis) is 1. The van der Waals surface area contributed by atoms with Crippen molar-refractivity contribution in [2.24, 2.45) is 4.99 Å². The lowest BCUT2D eigenvalue weighted by molar-refractivity contribution is -0.0504. The molecule has 0 unspecified atom stereocenters. The van der Waals surface area contributed by atoms with Crippen molar-refractivity contribution in [3.8, 4) is 5.75 Å². The van der Waals surface area contributed by atoms with E-state index in [0.29, 0.717) is 36.1 Å². The fourth-order valence-corrected chi connectivity index (χ4v) is 2.29. The number of carbonyl (C=O) groups is 1. The molecular weight excluding hydrogens is 521 g/mol. The molecule has 0 aliphatic rings. The van der Waals surface area contributed by atoms with E-state index in [1.807, 2.05) is 0 Å². The molecule has 0 radical (unpaired) electrons. The summed E-state index contributed by atoms with van der Waals surface area (Å²) in [6, 6.07) is 4.42. The third kappa shape index (κ3) is 12.6. The topological polar surface area (TPSA) is 84.0 Å². The second-order valence-electron chi connectivity index (χ2n) is 6.77. The molecule has 29 heavy (non-hydrogen) atoms. The van der Waals surface area contributed by atoms with Gasteiger partial charge in [-0.25, -0.2) is 4.79 Å². The second kappa shape index (κ2) is 13.6. The van der Waals surface area contributed by atoms with Crippen LogP contribution in [0, 0.1) is 0 Å². The number of hydrogen-bond acceptors (Lipinski definition) is 4. The number of amides is 1. The van der Waals surface area contributed by atoms with Gasteiger partial charge >= 0.3 is 12.7 Å². The Morgan fingerprint density at radius 2 is 1.86 bits per heavy atom. The zero-order chi connectivity index (χ0) is 21.2. The first kappa shape index (κ1) is 27.4. The van der Waals surface area contributed by atoms with E-state index >= 15 is 0 Å². The molecule has 1 amide bonds. The maximum atomic E-state index is 12.5. The number of rotatable bonds is 8. The summed E-state index contributed by atoms with van der Waals surface area (Å²) in [5.74, 6) is 0.518. The number of halogens is 4. The number of guanidine groups is 1. The third-order valence-electron chi connectivity index (χ3n) is 3.22. The van der Waals surface area contributed by atoms with Crippen LogP contribution in [-0.2, 0) is 11.3 Å². The van der Waals surface area contributed by atoms with Gasteiger partial charge in [-0.3, -0.25) is 4.99 Å². The van der Waals surface area contributed by atoms with Gasteiger partial charge in [0, 0.05) is 37.3 Å². The molecule has 11 heteroatoms. The molecule has 0 atom stereocenters. The summed E-state index contributed by atoms with van der Waals surface area (Å²) in [6.07, 6.45) is 0.166. The van der Waals surface area contributed by atoms with Crippen molar-refractivity contribution in [3.05, 3.63) is 28.8 Å². The molecular formula is C18H28ClF2IN4O3.